The van der Waals surface area contributed by atoms with Gasteiger partial charge in [0.05, 0.1) is 23.4 Å². The first-order chi connectivity index (χ1) is 12.7. The molecule has 0 spiro atoms. The van der Waals surface area contributed by atoms with Crippen molar-refractivity contribution in [3.63, 3.8) is 0 Å². The zero-order valence-electron chi connectivity index (χ0n) is 15.9. The van der Waals surface area contributed by atoms with Gasteiger partial charge in [0.2, 0.25) is 0 Å². The molecule has 0 radical (unpaired) electrons. The molecule has 2 fully saturated rings. The molecule has 0 saturated carbocycles. The van der Waals surface area contributed by atoms with Gasteiger partial charge in [-0.05, 0) is 20.0 Å². The summed E-state index contributed by atoms with van der Waals surface area (Å²) in [5, 5.41) is 0. The molecule has 0 aliphatic carbocycles. The molecule has 2 aromatic heterocycles. The zero-order valence-corrected chi connectivity index (χ0v) is 16.7. The summed E-state index contributed by atoms with van der Waals surface area (Å²) in [7, 11) is 2.20. The van der Waals surface area contributed by atoms with Crippen LogP contribution in [0.15, 0.2) is 19.2 Å². The molecule has 0 bridgehead atoms. The van der Waals surface area contributed by atoms with Crippen molar-refractivity contribution >= 4 is 27.4 Å². The summed E-state index contributed by atoms with van der Waals surface area (Å²) in [6, 6.07) is 2.26. The summed E-state index contributed by atoms with van der Waals surface area (Å²) in [5.74, 6) is 1.95. The molecule has 6 nitrogen and oxygen atoms in total. The number of likely N-dealkylation sites (N-methyl/N-ethyl adjacent to an activating group) is 1. The van der Waals surface area contributed by atoms with Crippen LogP contribution in [0, 0.1) is 6.92 Å². The average molecular weight is 376 g/mol. The van der Waals surface area contributed by atoms with E-state index in [1.165, 1.54) is 9.58 Å². The summed E-state index contributed by atoms with van der Waals surface area (Å²) in [4.78, 5) is 18.1. The maximum absolute atomic E-state index is 5.49. The normalized spacial score (nSPS) is 19.4. The van der Waals surface area contributed by atoms with Gasteiger partial charge in [0.25, 0.3) is 0 Å². The van der Waals surface area contributed by atoms with Gasteiger partial charge in [0, 0.05) is 50.7 Å². The number of anilines is 1. The molecule has 2 aromatic rings. The van der Waals surface area contributed by atoms with Crippen molar-refractivity contribution in [1.29, 1.82) is 0 Å². The topological polar surface area (TPSA) is 44.7 Å². The highest BCUT2D eigenvalue weighted by molar-refractivity contribution is 7.19. The van der Waals surface area contributed by atoms with Gasteiger partial charge in [-0.1, -0.05) is 0 Å². The number of aromatic nitrogens is 2. The lowest BCUT2D eigenvalue weighted by Crippen LogP contribution is -2.43. The Morgan fingerprint density at radius 3 is 2.46 bits per heavy atom. The Morgan fingerprint density at radius 2 is 1.77 bits per heavy atom. The van der Waals surface area contributed by atoms with E-state index in [4.69, 9.17) is 9.72 Å². The van der Waals surface area contributed by atoms with E-state index in [0.717, 1.165) is 76.2 Å². The van der Waals surface area contributed by atoms with Crippen molar-refractivity contribution in [2.24, 2.45) is 0 Å². The van der Waals surface area contributed by atoms with Crippen LogP contribution in [0.1, 0.15) is 10.7 Å². The second-order valence-corrected chi connectivity index (χ2v) is 7.84. The Morgan fingerprint density at radius 1 is 1.08 bits per heavy atom. The number of morpholine rings is 1. The van der Waals surface area contributed by atoms with Gasteiger partial charge in [0.1, 0.15) is 5.82 Å². The molecule has 142 valence electrons. The Kier molecular flexibility index (Phi) is 6.58. The van der Waals surface area contributed by atoms with Crippen LogP contribution >= 0.6 is 11.3 Å². The lowest BCUT2D eigenvalue weighted by molar-refractivity contribution is 0.122. The summed E-state index contributed by atoms with van der Waals surface area (Å²) in [6.07, 6.45) is 0. The number of rotatable bonds is 3. The third-order valence-corrected chi connectivity index (χ3v) is 5.91. The second kappa shape index (κ2) is 8.90. The monoisotopic (exact) mass is 375 g/mol. The Bertz CT molecular complexity index is 720. The number of aryl methyl sites for hydroxylation is 1. The van der Waals surface area contributed by atoms with Crippen LogP contribution in [0.3, 0.4) is 0 Å². The molecule has 0 amide bonds. The first kappa shape index (κ1) is 19.2. The quantitative estimate of drug-likeness (QED) is 0.768. The average Bonchev–Trinajstić information content (AvgIpc) is 3.07. The van der Waals surface area contributed by atoms with Crippen molar-refractivity contribution in [2.45, 2.75) is 13.5 Å². The zero-order chi connectivity index (χ0) is 18.5. The van der Waals surface area contributed by atoms with Crippen molar-refractivity contribution in [3.8, 4) is 0 Å². The van der Waals surface area contributed by atoms with Gasteiger partial charge in [-0.25, -0.2) is 9.97 Å². The number of piperazine rings is 1. The number of fused-ring (bicyclic) bond motifs is 1. The number of nitrogens with zero attached hydrogens (tertiary/aromatic N) is 5. The van der Waals surface area contributed by atoms with Crippen LogP contribution in [0.25, 0.3) is 10.2 Å². The van der Waals surface area contributed by atoms with E-state index in [0.29, 0.717) is 0 Å². The molecule has 0 N–H and O–H groups in total. The third kappa shape index (κ3) is 4.40. The van der Waals surface area contributed by atoms with Crippen LogP contribution in [-0.2, 0) is 11.3 Å². The first-order valence-corrected chi connectivity index (χ1v) is 10.0. The second-order valence-electron chi connectivity index (χ2n) is 6.70. The van der Waals surface area contributed by atoms with Crippen LogP contribution in [0.2, 0.25) is 0 Å². The lowest BCUT2D eigenvalue weighted by atomic mass is 10.3. The molecular formula is C19H29N5OS. The standard InChI is InChI=1S/C17H25N5OS.C2H4/c1-13-18-15-11-14(12-21-5-3-20(2)4-6-21)24-16(15)17(19-13)22-7-9-23-10-8-22;1-2/h11H,3-10,12H2,1-2H3;1-2H2. The van der Waals surface area contributed by atoms with Crippen molar-refractivity contribution in [1.82, 2.24) is 19.8 Å². The largest absolute Gasteiger partial charge is 0.378 e. The van der Waals surface area contributed by atoms with Gasteiger partial charge in [-0.15, -0.1) is 24.5 Å². The minimum Gasteiger partial charge on any atom is -0.378 e. The fourth-order valence-corrected chi connectivity index (χ4v) is 4.53. The number of thiophene rings is 1. The molecule has 26 heavy (non-hydrogen) atoms. The molecule has 2 saturated heterocycles. The maximum Gasteiger partial charge on any atom is 0.150 e. The van der Waals surface area contributed by atoms with Crippen LogP contribution in [0.5, 0.6) is 0 Å². The Labute approximate surface area is 160 Å². The maximum atomic E-state index is 5.49. The van der Waals surface area contributed by atoms with E-state index >= 15 is 0 Å². The highest BCUT2D eigenvalue weighted by Crippen LogP contribution is 2.33. The van der Waals surface area contributed by atoms with Crippen LogP contribution in [0.4, 0.5) is 5.82 Å². The number of ether oxygens (including phenoxy) is 1. The summed E-state index contributed by atoms with van der Waals surface area (Å²) in [5.41, 5.74) is 1.10. The van der Waals surface area contributed by atoms with Gasteiger partial charge in [0.15, 0.2) is 5.82 Å². The molecule has 0 atom stereocenters. The van der Waals surface area contributed by atoms with E-state index in [9.17, 15) is 0 Å². The molecule has 0 unspecified atom stereocenters. The Hall–Kier alpha value is -1.54. The number of hydrogen-bond acceptors (Lipinski definition) is 7. The van der Waals surface area contributed by atoms with Gasteiger partial charge >= 0.3 is 0 Å². The van der Waals surface area contributed by atoms with Gasteiger partial charge < -0.3 is 14.5 Å². The molecule has 2 aliphatic heterocycles. The van der Waals surface area contributed by atoms with Crippen molar-refractivity contribution in [2.75, 3.05) is 64.4 Å². The van der Waals surface area contributed by atoms with Crippen LogP contribution in [-0.4, -0.2) is 79.3 Å². The van der Waals surface area contributed by atoms with E-state index in [1.807, 2.05) is 18.3 Å². The molecule has 0 aromatic carbocycles. The molecule has 7 heteroatoms. The molecular weight excluding hydrogens is 346 g/mol. The summed E-state index contributed by atoms with van der Waals surface area (Å²) >= 11 is 1.86. The van der Waals surface area contributed by atoms with Crippen molar-refractivity contribution in [3.05, 3.63) is 29.9 Å². The predicted molar refractivity (Wildman–Crippen MR) is 109 cm³/mol. The van der Waals surface area contributed by atoms with Crippen LogP contribution < -0.4 is 4.90 Å². The van der Waals surface area contributed by atoms with Gasteiger partial charge in [-0.2, -0.15) is 0 Å². The molecule has 4 heterocycles. The SMILES string of the molecule is C=C.Cc1nc(N2CCOCC2)c2sc(CN3CCN(C)CC3)cc2n1. The minimum absolute atomic E-state index is 0.782. The first-order valence-electron chi connectivity index (χ1n) is 9.20. The fraction of sp³-hybridized carbons (Fsp3) is 0.579. The summed E-state index contributed by atoms with van der Waals surface area (Å²) < 4.78 is 6.71. The highest BCUT2D eigenvalue weighted by Gasteiger charge is 2.20. The number of hydrogen-bond donors (Lipinski definition) is 0. The molecule has 2 aliphatic rings. The van der Waals surface area contributed by atoms with E-state index in [1.54, 1.807) is 0 Å². The van der Waals surface area contributed by atoms with E-state index in [-0.39, 0.29) is 0 Å². The van der Waals surface area contributed by atoms with Gasteiger partial charge in [-0.3, -0.25) is 4.90 Å². The smallest absolute Gasteiger partial charge is 0.150 e. The van der Waals surface area contributed by atoms with E-state index < -0.39 is 0 Å². The fourth-order valence-electron chi connectivity index (χ4n) is 3.37. The third-order valence-electron chi connectivity index (χ3n) is 4.80. The Balaban J connectivity index is 0.000000948. The predicted octanol–water partition coefficient (Wildman–Crippen LogP) is 2.39. The van der Waals surface area contributed by atoms with E-state index in [2.05, 4.69) is 46.0 Å². The molecule has 4 rings (SSSR count). The lowest BCUT2D eigenvalue weighted by Gasteiger charge is -2.31. The highest BCUT2D eigenvalue weighted by atomic mass is 32.1. The summed E-state index contributed by atoms with van der Waals surface area (Å²) in [6.45, 7) is 17.0. The van der Waals surface area contributed by atoms with Crippen molar-refractivity contribution < 1.29 is 4.74 Å². The minimum atomic E-state index is 0.782.